The number of carbonyl (C=O) groups excluding carboxylic acids is 2. The van der Waals surface area contributed by atoms with Gasteiger partial charge in [-0.25, -0.2) is 0 Å². The first-order chi connectivity index (χ1) is 11.4. The van der Waals surface area contributed by atoms with E-state index >= 15 is 0 Å². The fourth-order valence-electron chi connectivity index (χ4n) is 2.30. The van der Waals surface area contributed by atoms with Gasteiger partial charge in [0, 0.05) is 23.5 Å². The van der Waals surface area contributed by atoms with Crippen molar-refractivity contribution in [3.63, 3.8) is 0 Å². The minimum absolute atomic E-state index is 0.141. The van der Waals surface area contributed by atoms with Crippen LogP contribution in [0.4, 0.5) is 0 Å². The van der Waals surface area contributed by atoms with E-state index in [1.165, 1.54) is 6.92 Å². The lowest BCUT2D eigenvalue weighted by Gasteiger charge is -2.18. The maximum Gasteiger partial charge on any atom is 0.222 e. The van der Waals surface area contributed by atoms with Crippen molar-refractivity contribution in [2.24, 2.45) is 0 Å². The molecule has 0 aliphatic rings. The molecule has 2 aromatic rings. The van der Waals surface area contributed by atoms with E-state index in [4.69, 9.17) is 23.2 Å². The Morgan fingerprint density at radius 2 is 1.75 bits per heavy atom. The molecule has 2 N–H and O–H groups in total. The second-order valence-electron chi connectivity index (χ2n) is 5.42. The molecule has 1 atom stereocenters. The van der Waals surface area contributed by atoms with E-state index in [2.05, 4.69) is 10.6 Å². The van der Waals surface area contributed by atoms with Gasteiger partial charge in [-0.2, -0.15) is 0 Å². The number of carbonyl (C=O) groups is 2. The summed E-state index contributed by atoms with van der Waals surface area (Å²) in [5.41, 5.74) is 1.74. The minimum atomic E-state index is -0.404. The average Bonchev–Trinajstić information content (AvgIpc) is 2.53. The highest BCUT2D eigenvalue weighted by Gasteiger charge is 2.17. The third-order valence-corrected chi connectivity index (χ3v) is 3.91. The average molecular weight is 365 g/mol. The molecule has 0 saturated heterocycles. The standard InChI is InChI=1S/C18H18Cl2N2O2/c1-12(23)22-17(14-5-7-15(19)8-6-14)10-18(24)21-11-13-3-2-4-16(20)9-13/h2-9,17H,10-11H2,1H3,(H,21,24)(H,22,23). The molecular formula is C18H18Cl2N2O2. The first-order valence-corrected chi connectivity index (χ1v) is 8.23. The number of hydrogen-bond donors (Lipinski definition) is 2. The summed E-state index contributed by atoms with van der Waals surface area (Å²) in [7, 11) is 0. The topological polar surface area (TPSA) is 58.2 Å². The van der Waals surface area contributed by atoms with E-state index in [9.17, 15) is 9.59 Å². The van der Waals surface area contributed by atoms with Crippen molar-refractivity contribution in [1.29, 1.82) is 0 Å². The lowest BCUT2D eigenvalue weighted by atomic mass is 10.0. The second kappa shape index (κ2) is 8.71. The van der Waals surface area contributed by atoms with E-state index < -0.39 is 6.04 Å². The van der Waals surface area contributed by atoms with Crippen molar-refractivity contribution in [3.05, 3.63) is 69.7 Å². The molecule has 2 amide bonds. The van der Waals surface area contributed by atoms with E-state index in [1.54, 1.807) is 36.4 Å². The molecule has 0 aromatic heterocycles. The molecule has 0 aliphatic carbocycles. The van der Waals surface area contributed by atoms with Gasteiger partial charge in [-0.3, -0.25) is 9.59 Å². The molecule has 0 fully saturated rings. The zero-order valence-corrected chi connectivity index (χ0v) is 14.7. The van der Waals surface area contributed by atoms with Crippen LogP contribution in [0.2, 0.25) is 10.0 Å². The molecule has 2 rings (SSSR count). The van der Waals surface area contributed by atoms with Crippen molar-refractivity contribution in [2.75, 3.05) is 0 Å². The maximum atomic E-state index is 12.2. The normalized spacial score (nSPS) is 11.6. The molecule has 0 aliphatic heterocycles. The molecule has 0 spiro atoms. The molecule has 0 radical (unpaired) electrons. The Hall–Kier alpha value is -2.04. The van der Waals surface area contributed by atoms with Gasteiger partial charge in [0.05, 0.1) is 12.5 Å². The van der Waals surface area contributed by atoms with Gasteiger partial charge in [-0.05, 0) is 35.4 Å². The Morgan fingerprint density at radius 1 is 1.04 bits per heavy atom. The molecule has 0 saturated carbocycles. The van der Waals surface area contributed by atoms with E-state index in [0.717, 1.165) is 11.1 Å². The first-order valence-electron chi connectivity index (χ1n) is 7.48. The summed E-state index contributed by atoms with van der Waals surface area (Å²) in [4.78, 5) is 23.6. The Kier molecular flexibility index (Phi) is 6.64. The van der Waals surface area contributed by atoms with Crippen molar-refractivity contribution in [2.45, 2.75) is 25.9 Å². The lowest BCUT2D eigenvalue weighted by molar-refractivity contribution is -0.122. The largest absolute Gasteiger partial charge is 0.352 e. The van der Waals surface area contributed by atoms with Gasteiger partial charge >= 0.3 is 0 Å². The fraction of sp³-hybridized carbons (Fsp3) is 0.222. The number of hydrogen-bond acceptors (Lipinski definition) is 2. The Balaban J connectivity index is 1.99. The third-order valence-electron chi connectivity index (χ3n) is 3.42. The molecule has 2 aromatic carbocycles. The summed E-state index contributed by atoms with van der Waals surface area (Å²) in [6.45, 7) is 1.81. The summed E-state index contributed by atoms with van der Waals surface area (Å²) in [6.07, 6.45) is 0.141. The summed E-state index contributed by atoms with van der Waals surface area (Å²) >= 11 is 11.8. The lowest BCUT2D eigenvalue weighted by Crippen LogP contribution is -2.32. The van der Waals surface area contributed by atoms with Crippen LogP contribution in [0, 0.1) is 0 Å². The highest BCUT2D eigenvalue weighted by atomic mass is 35.5. The number of halogens is 2. The quantitative estimate of drug-likeness (QED) is 0.816. The van der Waals surface area contributed by atoms with Crippen LogP contribution in [-0.4, -0.2) is 11.8 Å². The molecule has 24 heavy (non-hydrogen) atoms. The SMILES string of the molecule is CC(=O)NC(CC(=O)NCc1cccc(Cl)c1)c1ccc(Cl)cc1. The van der Waals surface area contributed by atoms with Crippen LogP contribution >= 0.6 is 23.2 Å². The summed E-state index contributed by atoms with van der Waals surface area (Å²) in [5, 5.41) is 6.85. The highest BCUT2D eigenvalue weighted by molar-refractivity contribution is 6.30. The van der Waals surface area contributed by atoms with Crippen molar-refractivity contribution in [1.82, 2.24) is 10.6 Å². The number of nitrogens with one attached hydrogen (secondary N) is 2. The Morgan fingerprint density at radius 3 is 2.38 bits per heavy atom. The van der Waals surface area contributed by atoms with Gasteiger partial charge in [0.15, 0.2) is 0 Å². The van der Waals surface area contributed by atoms with Crippen molar-refractivity contribution in [3.8, 4) is 0 Å². The van der Waals surface area contributed by atoms with E-state index in [1.807, 2.05) is 12.1 Å². The van der Waals surface area contributed by atoms with Gasteiger partial charge in [-0.1, -0.05) is 47.5 Å². The number of rotatable bonds is 6. The second-order valence-corrected chi connectivity index (χ2v) is 6.29. The number of benzene rings is 2. The molecule has 126 valence electrons. The summed E-state index contributed by atoms with van der Waals surface area (Å²) < 4.78 is 0. The Labute approximate surface area is 151 Å². The summed E-state index contributed by atoms with van der Waals surface area (Å²) in [6, 6.07) is 13.9. The molecule has 1 unspecified atom stereocenters. The third kappa shape index (κ3) is 5.87. The van der Waals surface area contributed by atoms with Crippen molar-refractivity contribution < 1.29 is 9.59 Å². The van der Waals surface area contributed by atoms with Crippen molar-refractivity contribution >= 4 is 35.0 Å². The van der Waals surface area contributed by atoms with Crippen LogP contribution in [0.15, 0.2) is 48.5 Å². The Bertz CT molecular complexity index is 717. The van der Waals surface area contributed by atoms with Gasteiger partial charge in [-0.15, -0.1) is 0 Å². The van der Waals surface area contributed by atoms with Crippen LogP contribution < -0.4 is 10.6 Å². The minimum Gasteiger partial charge on any atom is -0.352 e. The van der Waals surface area contributed by atoms with Crippen LogP contribution in [-0.2, 0) is 16.1 Å². The zero-order valence-electron chi connectivity index (χ0n) is 13.2. The monoisotopic (exact) mass is 364 g/mol. The zero-order chi connectivity index (χ0) is 17.5. The predicted molar refractivity (Wildman–Crippen MR) is 95.9 cm³/mol. The van der Waals surface area contributed by atoms with Gasteiger partial charge in [0.1, 0.15) is 0 Å². The van der Waals surface area contributed by atoms with Crippen LogP contribution in [0.1, 0.15) is 30.5 Å². The molecule has 4 nitrogen and oxygen atoms in total. The van der Waals surface area contributed by atoms with Gasteiger partial charge < -0.3 is 10.6 Å². The van der Waals surface area contributed by atoms with Gasteiger partial charge in [0.2, 0.25) is 11.8 Å². The van der Waals surface area contributed by atoms with E-state index in [-0.39, 0.29) is 18.2 Å². The number of amides is 2. The molecule has 0 bridgehead atoms. The first kappa shape index (κ1) is 18.3. The highest BCUT2D eigenvalue weighted by Crippen LogP contribution is 2.19. The maximum absolute atomic E-state index is 12.2. The molecule has 6 heteroatoms. The smallest absolute Gasteiger partial charge is 0.222 e. The van der Waals surface area contributed by atoms with E-state index in [0.29, 0.717) is 16.6 Å². The van der Waals surface area contributed by atoms with Crippen LogP contribution in [0.5, 0.6) is 0 Å². The molecular weight excluding hydrogens is 347 g/mol. The van der Waals surface area contributed by atoms with Crippen LogP contribution in [0.3, 0.4) is 0 Å². The summed E-state index contributed by atoms with van der Waals surface area (Å²) in [5.74, 6) is -0.360. The molecule has 0 heterocycles. The predicted octanol–water partition coefficient (Wildman–Crippen LogP) is 3.88. The van der Waals surface area contributed by atoms with Crippen LogP contribution in [0.25, 0.3) is 0 Å². The van der Waals surface area contributed by atoms with Gasteiger partial charge in [0.25, 0.3) is 0 Å². The fourth-order valence-corrected chi connectivity index (χ4v) is 2.64.